The highest BCUT2D eigenvalue weighted by molar-refractivity contribution is 6.33. The van der Waals surface area contributed by atoms with E-state index < -0.39 is 0 Å². The number of para-hydroxylation sites is 2. The standard InChI is InChI=1S/C21H19ClN6/c22-16-9-14(10-23)11-25-21(16)28-8-6-15-5-7-27(13-19(15)28)20-12-24-17-3-1-2-4-18(17)26-20/h1-4,9,11-12,15,19H,5-8,13H2. The molecule has 4 heterocycles. The van der Waals surface area contributed by atoms with Crippen molar-refractivity contribution in [3.05, 3.63) is 53.3 Å². The van der Waals surface area contributed by atoms with Crippen molar-refractivity contribution >= 4 is 34.3 Å². The third kappa shape index (κ3) is 2.92. The Bertz CT molecular complexity index is 1080. The summed E-state index contributed by atoms with van der Waals surface area (Å²) < 4.78 is 0. The molecule has 140 valence electrons. The van der Waals surface area contributed by atoms with Gasteiger partial charge in [0.2, 0.25) is 0 Å². The van der Waals surface area contributed by atoms with Crippen LogP contribution < -0.4 is 9.80 Å². The Hall–Kier alpha value is -2.91. The number of hydrogen-bond donors (Lipinski definition) is 0. The fraction of sp³-hybridized carbons (Fsp3) is 0.333. The minimum absolute atomic E-state index is 0.333. The highest BCUT2D eigenvalue weighted by Gasteiger charge is 2.40. The van der Waals surface area contributed by atoms with Crippen LogP contribution in [0.15, 0.2) is 42.7 Å². The number of nitriles is 1. The van der Waals surface area contributed by atoms with Crippen molar-refractivity contribution in [2.45, 2.75) is 18.9 Å². The Kier molecular flexibility index (Phi) is 4.25. The molecule has 0 aliphatic carbocycles. The van der Waals surface area contributed by atoms with E-state index in [1.165, 1.54) is 0 Å². The smallest absolute Gasteiger partial charge is 0.147 e. The van der Waals surface area contributed by atoms with Crippen LogP contribution in [0.3, 0.4) is 0 Å². The molecule has 7 heteroatoms. The van der Waals surface area contributed by atoms with E-state index in [0.717, 1.165) is 55.1 Å². The van der Waals surface area contributed by atoms with E-state index in [1.807, 2.05) is 30.5 Å². The van der Waals surface area contributed by atoms with Crippen molar-refractivity contribution in [1.82, 2.24) is 15.0 Å². The van der Waals surface area contributed by atoms with Crippen molar-refractivity contribution in [1.29, 1.82) is 5.26 Å². The number of piperidine rings is 1. The van der Waals surface area contributed by atoms with E-state index >= 15 is 0 Å². The number of fused-ring (bicyclic) bond motifs is 2. The number of rotatable bonds is 2. The van der Waals surface area contributed by atoms with Crippen molar-refractivity contribution in [3.8, 4) is 6.07 Å². The molecule has 2 aromatic heterocycles. The Labute approximate surface area is 168 Å². The first-order chi connectivity index (χ1) is 13.7. The van der Waals surface area contributed by atoms with Crippen LogP contribution >= 0.6 is 11.6 Å². The zero-order valence-electron chi connectivity index (χ0n) is 15.3. The lowest BCUT2D eigenvalue weighted by Crippen LogP contribution is -2.49. The summed E-state index contributed by atoms with van der Waals surface area (Å²) in [6.45, 7) is 2.79. The van der Waals surface area contributed by atoms with Gasteiger partial charge >= 0.3 is 0 Å². The van der Waals surface area contributed by atoms with Gasteiger partial charge < -0.3 is 9.80 Å². The molecule has 0 bridgehead atoms. The minimum atomic E-state index is 0.333. The largest absolute Gasteiger partial charge is 0.353 e. The predicted octanol–water partition coefficient (Wildman–Crippen LogP) is 3.66. The average Bonchev–Trinajstić information content (AvgIpc) is 3.16. The van der Waals surface area contributed by atoms with Crippen LogP contribution in [0.1, 0.15) is 18.4 Å². The van der Waals surface area contributed by atoms with E-state index in [1.54, 1.807) is 12.3 Å². The number of anilines is 2. The van der Waals surface area contributed by atoms with E-state index in [0.29, 0.717) is 22.5 Å². The topological polar surface area (TPSA) is 68.9 Å². The number of nitrogens with zero attached hydrogens (tertiary/aromatic N) is 6. The summed E-state index contributed by atoms with van der Waals surface area (Å²) in [7, 11) is 0. The molecule has 28 heavy (non-hydrogen) atoms. The van der Waals surface area contributed by atoms with Gasteiger partial charge in [-0.3, -0.25) is 4.98 Å². The minimum Gasteiger partial charge on any atom is -0.353 e. The molecule has 0 spiro atoms. The zero-order chi connectivity index (χ0) is 19.1. The van der Waals surface area contributed by atoms with Gasteiger partial charge in [-0.1, -0.05) is 23.7 Å². The maximum absolute atomic E-state index is 9.06. The average molecular weight is 391 g/mol. The fourth-order valence-corrected chi connectivity index (χ4v) is 4.69. The molecular weight excluding hydrogens is 372 g/mol. The summed E-state index contributed by atoms with van der Waals surface area (Å²) in [4.78, 5) is 18.5. The van der Waals surface area contributed by atoms with Gasteiger partial charge in [-0.05, 0) is 37.0 Å². The van der Waals surface area contributed by atoms with Gasteiger partial charge in [0.15, 0.2) is 0 Å². The van der Waals surface area contributed by atoms with Crippen molar-refractivity contribution in [2.75, 3.05) is 29.4 Å². The van der Waals surface area contributed by atoms with Gasteiger partial charge in [-0.2, -0.15) is 5.26 Å². The van der Waals surface area contributed by atoms with Crippen LogP contribution in [0, 0.1) is 17.2 Å². The Morgan fingerprint density at radius 2 is 1.89 bits per heavy atom. The lowest BCUT2D eigenvalue weighted by molar-refractivity contribution is 0.388. The summed E-state index contributed by atoms with van der Waals surface area (Å²) >= 11 is 6.45. The molecule has 0 saturated carbocycles. The predicted molar refractivity (Wildman–Crippen MR) is 110 cm³/mol. The SMILES string of the molecule is N#Cc1cnc(N2CCC3CCN(c4cnc5ccccc5n4)CC32)c(Cl)c1. The molecular formula is C21H19ClN6. The summed E-state index contributed by atoms with van der Waals surface area (Å²) in [6, 6.07) is 12.1. The summed E-state index contributed by atoms with van der Waals surface area (Å²) in [5, 5.41) is 9.60. The quantitative estimate of drug-likeness (QED) is 0.665. The second-order valence-electron chi connectivity index (χ2n) is 7.40. The maximum atomic E-state index is 9.06. The summed E-state index contributed by atoms with van der Waals surface area (Å²) in [5.41, 5.74) is 2.32. The van der Waals surface area contributed by atoms with Gasteiger partial charge in [-0.25, -0.2) is 9.97 Å². The number of hydrogen-bond acceptors (Lipinski definition) is 6. The Morgan fingerprint density at radius 3 is 2.71 bits per heavy atom. The molecule has 6 nitrogen and oxygen atoms in total. The van der Waals surface area contributed by atoms with Crippen molar-refractivity contribution in [2.24, 2.45) is 5.92 Å². The van der Waals surface area contributed by atoms with Gasteiger partial charge in [0.25, 0.3) is 0 Å². The lowest BCUT2D eigenvalue weighted by Gasteiger charge is -2.39. The molecule has 2 fully saturated rings. The number of aromatic nitrogens is 3. The normalized spacial score (nSPS) is 21.6. The lowest BCUT2D eigenvalue weighted by atomic mass is 9.92. The number of halogens is 1. The Morgan fingerprint density at radius 1 is 1.07 bits per heavy atom. The zero-order valence-corrected chi connectivity index (χ0v) is 16.0. The van der Waals surface area contributed by atoms with Crippen LogP contribution in [0.5, 0.6) is 0 Å². The fourth-order valence-electron chi connectivity index (χ4n) is 4.41. The summed E-state index contributed by atoms with van der Waals surface area (Å²) in [6.07, 6.45) is 5.72. The van der Waals surface area contributed by atoms with Crippen LogP contribution in [-0.2, 0) is 0 Å². The van der Waals surface area contributed by atoms with Crippen LogP contribution in [0.25, 0.3) is 11.0 Å². The molecule has 1 aromatic carbocycles. The Balaban J connectivity index is 1.42. The van der Waals surface area contributed by atoms with E-state index in [-0.39, 0.29) is 0 Å². The molecule has 2 unspecified atom stereocenters. The van der Waals surface area contributed by atoms with Gasteiger partial charge in [-0.15, -0.1) is 0 Å². The first kappa shape index (κ1) is 17.2. The monoisotopic (exact) mass is 390 g/mol. The van der Waals surface area contributed by atoms with Crippen LogP contribution in [0.2, 0.25) is 5.02 Å². The second-order valence-corrected chi connectivity index (χ2v) is 7.81. The summed E-state index contributed by atoms with van der Waals surface area (Å²) in [5.74, 6) is 2.32. The maximum Gasteiger partial charge on any atom is 0.147 e. The van der Waals surface area contributed by atoms with Crippen LogP contribution in [-0.4, -0.2) is 40.6 Å². The first-order valence-corrected chi connectivity index (χ1v) is 9.90. The number of pyridine rings is 1. The second kappa shape index (κ2) is 6.92. The molecule has 2 saturated heterocycles. The molecule has 0 amide bonds. The number of benzene rings is 1. The van der Waals surface area contributed by atoms with Crippen molar-refractivity contribution in [3.63, 3.8) is 0 Å². The molecule has 2 atom stereocenters. The molecule has 0 radical (unpaired) electrons. The highest BCUT2D eigenvalue weighted by atomic mass is 35.5. The molecule has 0 N–H and O–H groups in total. The molecule has 2 aliphatic rings. The van der Waals surface area contributed by atoms with Gasteiger partial charge in [0, 0.05) is 25.8 Å². The molecule has 3 aromatic rings. The third-order valence-electron chi connectivity index (χ3n) is 5.85. The molecule has 2 aliphatic heterocycles. The third-order valence-corrected chi connectivity index (χ3v) is 6.12. The van der Waals surface area contributed by atoms with Crippen molar-refractivity contribution < 1.29 is 0 Å². The van der Waals surface area contributed by atoms with E-state index in [4.69, 9.17) is 21.8 Å². The highest BCUT2D eigenvalue weighted by Crippen LogP contribution is 2.38. The van der Waals surface area contributed by atoms with Gasteiger partial charge in [0.05, 0.1) is 33.9 Å². The van der Waals surface area contributed by atoms with Crippen LogP contribution in [0.4, 0.5) is 11.6 Å². The van der Waals surface area contributed by atoms with E-state index in [9.17, 15) is 0 Å². The van der Waals surface area contributed by atoms with Gasteiger partial charge in [0.1, 0.15) is 17.7 Å². The van der Waals surface area contributed by atoms with E-state index in [2.05, 4.69) is 25.8 Å². The molecule has 5 rings (SSSR count). The first-order valence-electron chi connectivity index (χ1n) is 9.52.